The number of methoxy groups -OCH3 is 1. The van der Waals surface area contributed by atoms with Crippen molar-refractivity contribution >= 4 is 17.8 Å². The van der Waals surface area contributed by atoms with Crippen LogP contribution >= 0.6 is 0 Å². The summed E-state index contributed by atoms with van der Waals surface area (Å²) in [4.78, 5) is 37.6. The van der Waals surface area contributed by atoms with Crippen LogP contribution in [0.3, 0.4) is 0 Å². The molecule has 0 spiro atoms. The number of carbonyl (C=O) groups excluding carboxylic acids is 3. The van der Waals surface area contributed by atoms with E-state index in [0.717, 1.165) is 4.90 Å². The van der Waals surface area contributed by atoms with Crippen LogP contribution in [-0.2, 0) is 15.1 Å². The van der Waals surface area contributed by atoms with Gasteiger partial charge >= 0.3 is 6.03 Å². The molecule has 1 aromatic carbocycles. The highest BCUT2D eigenvalue weighted by atomic mass is 16.5. The SMILES string of the molecule is COc1ccc(C2(C)NC(=O)N(CC(=O)NCCCN)C2=O)cc1. The molecule has 8 heteroatoms. The number of amides is 4. The van der Waals surface area contributed by atoms with E-state index >= 15 is 0 Å². The number of imide groups is 1. The Morgan fingerprint density at radius 1 is 1.33 bits per heavy atom. The maximum atomic E-state index is 12.7. The Hall–Kier alpha value is -2.61. The molecule has 0 saturated carbocycles. The molecule has 0 radical (unpaired) electrons. The Morgan fingerprint density at radius 3 is 2.58 bits per heavy atom. The van der Waals surface area contributed by atoms with Crippen molar-refractivity contribution in [3.8, 4) is 5.75 Å². The quantitative estimate of drug-likeness (QED) is 0.477. The van der Waals surface area contributed by atoms with Crippen LogP contribution in [-0.4, -0.2) is 49.5 Å². The maximum Gasteiger partial charge on any atom is 0.325 e. The van der Waals surface area contributed by atoms with E-state index in [-0.39, 0.29) is 6.54 Å². The first-order chi connectivity index (χ1) is 11.4. The van der Waals surface area contributed by atoms with Crippen molar-refractivity contribution in [1.82, 2.24) is 15.5 Å². The van der Waals surface area contributed by atoms with E-state index in [1.54, 1.807) is 38.3 Å². The molecule has 1 fully saturated rings. The van der Waals surface area contributed by atoms with Gasteiger partial charge in [-0.25, -0.2) is 4.79 Å². The molecule has 1 unspecified atom stereocenters. The number of carbonyl (C=O) groups is 3. The highest BCUT2D eigenvalue weighted by Gasteiger charge is 2.49. The van der Waals surface area contributed by atoms with Gasteiger partial charge < -0.3 is 21.1 Å². The van der Waals surface area contributed by atoms with E-state index in [4.69, 9.17) is 10.5 Å². The van der Waals surface area contributed by atoms with Crippen molar-refractivity contribution in [2.75, 3.05) is 26.7 Å². The fourth-order valence-corrected chi connectivity index (χ4v) is 2.49. The Morgan fingerprint density at radius 2 is 2.00 bits per heavy atom. The van der Waals surface area contributed by atoms with Crippen LogP contribution in [0.2, 0.25) is 0 Å². The molecule has 8 nitrogen and oxygen atoms in total. The maximum absolute atomic E-state index is 12.7. The lowest BCUT2D eigenvalue weighted by atomic mass is 9.92. The van der Waals surface area contributed by atoms with Crippen LogP contribution in [0.4, 0.5) is 4.79 Å². The lowest BCUT2D eigenvalue weighted by Gasteiger charge is -2.22. The van der Waals surface area contributed by atoms with Crippen LogP contribution < -0.4 is 21.1 Å². The first-order valence-electron chi connectivity index (χ1n) is 7.67. The zero-order valence-electron chi connectivity index (χ0n) is 13.8. The molecule has 1 saturated heterocycles. The molecule has 4 amide bonds. The summed E-state index contributed by atoms with van der Waals surface area (Å²) in [5, 5.41) is 5.28. The van der Waals surface area contributed by atoms with E-state index in [1.807, 2.05) is 0 Å². The van der Waals surface area contributed by atoms with E-state index < -0.39 is 23.4 Å². The first-order valence-corrected chi connectivity index (χ1v) is 7.67. The number of ether oxygens (including phenoxy) is 1. The van der Waals surface area contributed by atoms with Gasteiger partial charge in [0, 0.05) is 6.54 Å². The van der Waals surface area contributed by atoms with Gasteiger partial charge in [-0.15, -0.1) is 0 Å². The predicted molar refractivity (Wildman–Crippen MR) is 87.3 cm³/mol. The Labute approximate surface area is 140 Å². The monoisotopic (exact) mass is 334 g/mol. The van der Waals surface area contributed by atoms with E-state index in [2.05, 4.69) is 10.6 Å². The standard InChI is InChI=1S/C16H22N4O4/c1-16(11-4-6-12(24-2)7-5-11)14(22)20(15(23)19-16)10-13(21)18-9-3-8-17/h4-7H,3,8-10,17H2,1-2H3,(H,18,21)(H,19,23). The summed E-state index contributed by atoms with van der Waals surface area (Å²) in [5.74, 6) is -0.215. The topological polar surface area (TPSA) is 114 Å². The molecule has 0 aliphatic carbocycles. The van der Waals surface area contributed by atoms with E-state index in [9.17, 15) is 14.4 Å². The second-order valence-corrected chi connectivity index (χ2v) is 5.67. The minimum Gasteiger partial charge on any atom is -0.497 e. The lowest BCUT2D eigenvalue weighted by molar-refractivity contribution is -0.134. The number of rotatable bonds is 7. The summed E-state index contributed by atoms with van der Waals surface area (Å²) in [6.45, 7) is 2.16. The molecule has 1 aromatic rings. The van der Waals surface area contributed by atoms with Gasteiger partial charge in [0.1, 0.15) is 17.8 Å². The van der Waals surface area contributed by atoms with Crippen LogP contribution in [0, 0.1) is 0 Å². The van der Waals surface area contributed by atoms with E-state index in [1.165, 1.54) is 0 Å². The molecule has 0 aromatic heterocycles. The molecular formula is C16H22N4O4. The first kappa shape index (κ1) is 17.7. The molecule has 24 heavy (non-hydrogen) atoms. The van der Waals surface area contributed by atoms with Crippen molar-refractivity contribution in [3.05, 3.63) is 29.8 Å². The van der Waals surface area contributed by atoms with Gasteiger partial charge in [-0.3, -0.25) is 14.5 Å². The predicted octanol–water partition coefficient (Wildman–Crippen LogP) is -0.0728. The number of nitrogens with zero attached hydrogens (tertiary/aromatic N) is 1. The highest BCUT2D eigenvalue weighted by Crippen LogP contribution is 2.29. The average Bonchev–Trinajstić information content (AvgIpc) is 2.79. The molecular weight excluding hydrogens is 312 g/mol. The van der Waals surface area contributed by atoms with Crippen molar-refractivity contribution < 1.29 is 19.1 Å². The number of urea groups is 1. The summed E-state index contributed by atoms with van der Waals surface area (Å²) in [6, 6.07) is 6.25. The third-order valence-electron chi connectivity index (χ3n) is 3.95. The van der Waals surface area contributed by atoms with Gasteiger partial charge in [0.2, 0.25) is 5.91 Å². The zero-order chi connectivity index (χ0) is 17.7. The summed E-state index contributed by atoms with van der Waals surface area (Å²) < 4.78 is 5.09. The molecule has 1 heterocycles. The molecule has 1 aliphatic rings. The van der Waals surface area contributed by atoms with Crippen molar-refractivity contribution in [2.45, 2.75) is 18.9 Å². The van der Waals surface area contributed by atoms with Gasteiger partial charge in [-0.2, -0.15) is 0 Å². The minimum atomic E-state index is -1.21. The smallest absolute Gasteiger partial charge is 0.325 e. The van der Waals surface area contributed by atoms with Crippen LogP contribution in [0.25, 0.3) is 0 Å². The summed E-state index contributed by atoms with van der Waals surface area (Å²) in [6.07, 6.45) is 0.634. The molecule has 0 bridgehead atoms. The number of hydrogen-bond donors (Lipinski definition) is 3. The van der Waals surface area contributed by atoms with Crippen LogP contribution in [0.15, 0.2) is 24.3 Å². The molecule has 4 N–H and O–H groups in total. The molecule has 1 atom stereocenters. The Balaban J connectivity index is 2.10. The number of hydrogen-bond acceptors (Lipinski definition) is 5. The van der Waals surface area contributed by atoms with Gasteiger partial charge in [-0.05, 0) is 37.6 Å². The summed E-state index contributed by atoms with van der Waals surface area (Å²) >= 11 is 0. The average molecular weight is 334 g/mol. The third kappa shape index (κ3) is 3.48. The van der Waals surface area contributed by atoms with Gasteiger partial charge in [0.25, 0.3) is 5.91 Å². The van der Waals surface area contributed by atoms with E-state index in [0.29, 0.717) is 30.8 Å². The highest BCUT2D eigenvalue weighted by molar-refractivity contribution is 6.09. The summed E-state index contributed by atoms with van der Waals surface area (Å²) in [7, 11) is 1.55. The van der Waals surface area contributed by atoms with Gasteiger partial charge in [0.15, 0.2) is 0 Å². The zero-order valence-corrected chi connectivity index (χ0v) is 13.8. The number of benzene rings is 1. The molecule has 2 rings (SSSR count). The number of nitrogens with two attached hydrogens (primary N) is 1. The Bertz CT molecular complexity index is 631. The fourth-order valence-electron chi connectivity index (χ4n) is 2.49. The Kier molecular flexibility index (Phi) is 5.40. The van der Waals surface area contributed by atoms with Gasteiger partial charge in [-0.1, -0.05) is 12.1 Å². The largest absolute Gasteiger partial charge is 0.497 e. The summed E-state index contributed by atoms with van der Waals surface area (Å²) in [5.41, 5.74) is 4.76. The fraction of sp³-hybridized carbons (Fsp3) is 0.438. The molecule has 130 valence electrons. The van der Waals surface area contributed by atoms with Crippen molar-refractivity contribution in [1.29, 1.82) is 0 Å². The minimum absolute atomic E-state index is 0.318. The third-order valence-corrected chi connectivity index (χ3v) is 3.95. The molecule has 1 aliphatic heterocycles. The second kappa shape index (κ2) is 7.31. The van der Waals surface area contributed by atoms with Crippen molar-refractivity contribution in [3.63, 3.8) is 0 Å². The second-order valence-electron chi connectivity index (χ2n) is 5.67. The van der Waals surface area contributed by atoms with Crippen LogP contribution in [0.1, 0.15) is 18.9 Å². The van der Waals surface area contributed by atoms with Gasteiger partial charge in [0.05, 0.1) is 7.11 Å². The lowest BCUT2D eigenvalue weighted by Crippen LogP contribution is -2.43. The normalized spacial score (nSPS) is 20.0. The van der Waals surface area contributed by atoms with Crippen molar-refractivity contribution in [2.24, 2.45) is 5.73 Å². The van der Waals surface area contributed by atoms with Crippen LogP contribution in [0.5, 0.6) is 5.75 Å². The number of nitrogens with one attached hydrogen (secondary N) is 2.